The quantitative estimate of drug-likeness (QED) is 0.0857. The zero-order valence-corrected chi connectivity index (χ0v) is 26.3. The van der Waals surface area contributed by atoms with Crippen LogP contribution in [-0.2, 0) is 9.59 Å². The van der Waals surface area contributed by atoms with E-state index in [2.05, 4.69) is 29.8 Å². The fraction of sp³-hybridized carbons (Fsp3) is 0.941. The molecular formula is C34H67N3O2. The lowest BCUT2D eigenvalue weighted by atomic mass is 9.94. The number of rotatable bonds is 28. The van der Waals surface area contributed by atoms with Crippen LogP contribution in [-0.4, -0.2) is 38.0 Å². The molecule has 2 amide bonds. The number of amides is 2. The van der Waals surface area contributed by atoms with Gasteiger partial charge in [-0.1, -0.05) is 155 Å². The molecule has 1 aliphatic heterocycles. The monoisotopic (exact) mass is 550 g/mol. The molecule has 0 radical (unpaired) electrons. The molecule has 0 saturated carbocycles. The Balaban J connectivity index is 1.96. The highest BCUT2D eigenvalue weighted by atomic mass is 16.2. The topological polar surface area (TPSA) is 70.2 Å². The van der Waals surface area contributed by atoms with Gasteiger partial charge in [-0.25, -0.2) is 0 Å². The molecule has 0 aromatic heterocycles. The van der Waals surface area contributed by atoms with Crippen LogP contribution in [0.1, 0.15) is 168 Å². The molecule has 0 aromatic rings. The first kappa shape index (κ1) is 35.9. The van der Waals surface area contributed by atoms with Crippen LogP contribution in [0, 0.1) is 11.8 Å². The van der Waals surface area contributed by atoms with Crippen molar-refractivity contribution >= 4 is 11.8 Å². The van der Waals surface area contributed by atoms with Crippen LogP contribution in [0.5, 0.6) is 0 Å². The van der Waals surface area contributed by atoms with Crippen molar-refractivity contribution in [2.45, 2.75) is 168 Å². The first-order valence-corrected chi connectivity index (χ1v) is 17.5. The Morgan fingerprint density at radius 3 is 1.00 bits per heavy atom. The molecule has 0 unspecified atom stereocenters. The smallest absolute Gasteiger partial charge is 0.225 e. The second-order valence-electron chi connectivity index (χ2n) is 12.2. The molecule has 1 saturated heterocycles. The maximum absolute atomic E-state index is 12.7. The molecule has 1 rings (SSSR count). The van der Waals surface area contributed by atoms with Crippen molar-refractivity contribution in [1.82, 2.24) is 16.0 Å². The van der Waals surface area contributed by atoms with Crippen LogP contribution < -0.4 is 16.0 Å². The summed E-state index contributed by atoms with van der Waals surface area (Å²) in [7, 11) is 0. The van der Waals surface area contributed by atoms with Crippen molar-refractivity contribution < 1.29 is 9.59 Å². The molecule has 2 atom stereocenters. The number of hydrogen-bond acceptors (Lipinski definition) is 3. The molecule has 3 N–H and O–H groups in total. The van der Waals surface area contributed by atoms with Gasteiger partial charge in [0.25, 0.3) is 0 Å². The maximum Gasteiger partial charge on any atom is 0.225 e. The molecule has 0 aliphatic carbocycles. The molecule has 5 nitrogen and oxygen atoms in total. The Labute approximate surface area is 243 Å². The predicted octanol–water partition coefficient (Wildman–Crippen LogP) is 8.46. The number of carbonyl (C=O) groups is 2. The average Bonchev–Trinajstić information content (AvgIpc) is 3.44. The normalized spacial score (nSPS) is 17.0. The molecule has 5 heteroatoms. The number of unbranched alkanes of at least 4 members (excludes halogenated alkanes) is 22. The van der Waals surface area contributed by atoms with Crippen molar-refractivity contribution in [2.75, 3.05) is 26.2 Å². The minimum absolute atomic E-state index is 0.0496. The van der Waals surface area contributed by atoms with Crippen molar-refractivity contribution in [3.63, 3.8) is 0 Å². The molecule has 0 spiro atoms. The minimum atomic E-state index is -0.232. The van der Waals surface area contributed by atoms with Gasteiger partial charge in [-0.3, -0.25) is 9.59 Å². The summed E-state index contributed by atoms with van der Waals surface area (Å²) in [4.78, 5) is 25.4. The van der Waals surface area contributed by atoms with Crippen LogP contribution in [0.15, 0.2) is 0 Å². The molecule has 1 fully saturated rings. The first-order chi connectivity index (χ1) is 19.2. The Morgan fingerprint density at radius 1 is 0.462 bits per heavy atom. The zero-order chi connectivity index (χ0) is 28.2. The molecule has 230 valence electrons. The van der Waals surface area contributed by atoms with Crippen molar-refractivity contribution in [1.29, 1.82) is 0 Å². The molecular weight excluding hydrogens is 482 g/mol. The Bertz CT molecular complexity index is 521. The summed E-state index contributed by atoms with van der Waals surface area (Å²) in [6.07, 6.45) is 31.7. The molecule has 0 aromatic carbocycles. The Kier molecular flexibility index (Phi) is 25.0. The zero-order valence-electron chi connectivity index (χ0n) is 26.3. The number of carbonyl (C=O) groups excluding carboxylic acids is 2. The van der Waals surface area contributed by atoms with E-state index in [-0.39, 0.29) is 23.7 Å². The molecule has 1 aliphatic rings. The third-order valence-corrected chi connectivity index (χ3v) is 8.55. The van der Waals surface area contributed by atoms with Gasteiger partial charge in [0.1, 0.15) is 0 Å². The molecule has 1 heterocycles. The van der Waals surface area contributed by atoms with E-state index in [0.29, 0.717) is 13.1 Å². The van der Waals surface area contributed by atoms with E-state index < -0.39 is 0 Å². The van der Waals surface area contributed by atoms with Crippen LogP contribution in [0.25, 0.3) is 0 Å². The van der Waals surface area contributed by atoms with Gasteiger partial charge in [0, 0.05) is 26.2 Å². The van der Waals surface area contributed by atoms with Crippen molar-refractivity contribution in [2.24, 2.45) is 11.8 Å². The summed E-state index contributed by atoms with van der Waals surface area (Å²) in [5.74, 6) is -0.365. The lowest BCUT2D eigenvalue weighted by Crippen LogP contribution is -2.42. The predicted molar refractivity (Wildman–Crippen MR) is 168 cm³/mol. The first-order valence-electron chi connectivity index (χ1n) is 17.5. The van der Waals surface area contributed by atoms with Crippen molar-refractivity contribution in [3.8, 4) is 0 Å². The van der Waals surface area contributed by atoms with Gasteiger partial charge in [0.05, 0.1) is 11.8 Å². The van der Waals surface area contributed by atoms with Crippen LogP contribution in [0.3, 0.4) is 0 Å². The van der Waals surface area contributed by atoms with Gasteiger partial charge >= 0.3 is 0 Å². The minimum Gasteiger partial charge on any atom is -0.356 e. The summed E-state index contributed by atoms with van der Waals surface area (Å²) in [6.45, 7) is 7.24. The summed E-state index contributed by atoms with van der Waals surface area (Å²) in [6, 6.07) is 0. The maximum atomic E-state index is 12.7. The van der Waals surface area contributed by atoms with Crippen LogP contribution in [0.4, 0.5) is 0 Å². The standard InChI is InChI=1S/C34H67N3O2/c1-3-5-7-9-11-13-15-17-19-21-23-25-27-36-33(38)31-29-35-30-32(31)34(39)37-28-26-24-22-20-18-16-14-12-10-8-6-4-2/h31-32,35H,3-30H2,1-2H3,(H,36,38)(H,37,39)/t31-,32-/m1/s1. The third-order valence-electron chi connectivity index (χ3n) is 8.55. The van der Waals surface area contributed by atoms with Gasteiger partial charge < -0.3 is 16.0 Å². The van der Waals surface area contributed by atoms with E-state index in [9.17, 15) is 9.59 Å². The number of hydrogen-bond donors (Lipinski definition) is 3. The average molecular weight is 550 g/mol. The highest BCUT2D eigenvalue weighted by Gasteiger charge is 2.37. The van der Waals surface area contributed by atoms with E-state index in [0.717, 1.165) is 25.9 Å². The van der Waals surface area contributed by atoms with Gasteiger partial charge in [-0.05, 0) is 12.8 Å². The molecule has 0 bridgehead atoms. The molecule has 39 heavy (non-hydrogen) atoms. The van der Waals surface area contributed by atoms with E-state index >= 15 is 0 Å². The van der Waals surface area contributed by atoms with Crippen molar-refractivity contribution in [3.05, 3.63) is 0 Å². The second-order valence-corrected chi connectivity index (χ2v) is 12.2. The largest absolute Gasteiger partial charge is 0.356 e. The lowest BCUT2D eigenvalue weighted by Gasteiger charge is -2.18. The highest BCUT2D eigenvalue weighted by Crippen LogP contribution is 2.18. The second kappa shape index (κ2) is 27.1. The summed E-state index contributed by atoms with van der Waals surface area (Å²) >= 11 is 0. The highest BCUT2D eigenvalue weighted by molar-refractivity contribution is 5.88. The Morgan fingerprint density at radius 2 is 0.718 bits per heavy atom. The summed E-state index contributed by atoms with van der Waals surface area (Å²) in [5.41, 5.74) is 0. The fourth-order valence-corrected chi connectivity index (χ4v) is 5.85. The van der Waals surface area contributed by atoms with Gasteiger partial charge in [-0.15, -0.1) is 0 Å². The van der Waals surface area contributed by atoms with Crippen LogP contribution >= 0.6 is 0 Å². The van der Waals surface area contributed by atoms with Gasteiger partial charge in [-0.2, -0.15) is 0 Å². The summed E-state index contributed by atoms with van der Waals surface area (Å²) < 4.78 is 0. The van der Waals surface area contributed by atoms with Gasteiger partial charge in [0.2, 0.25) is 11.8 Å². The fourth-order valence-electron chi connectivity index (χ4n) is 5.85. The Hall–Kier alpha value is -1.10. The van der Waals surface area contributed by atoms with Gasteiger partial charge in [0.15, 0.2) is 0 Å². The van der Waals surface area contributed by atoms with Crippen LogP contribution in [0.2, 0.25) is 0 Å². The van der Waals surface area contributed by atoms with E-state index in [1.807, 2.05) is 0 Å². The van der Waals surface area contributed by atoms with E-state index in [1.165, 1.54) is 141 Å². The summed E-state index contributed by atoms with van der Waals surface area (Å²) in [5, 5.41) is 9.47. The SMILES string of the molecule is CCCCCCCCCCCCCCNC(=O)[C@@H]1CNC[C@H]1C(=O)NCCCCCCCCCCCCCC. The van der Waals surface area contributed by atoms with E-state index in [1.54, 1.807) is 0 Å². The lowest BCUT2D eigenvalue weighted by molar-refractivity contribution is -0.132. The number of nitrogens with one attached hydrogen (secondary N) is 3. The van der Waals surface area contributed by atoms with E-state index in [4.69, 9.17) is 0 Å². The third kappa shape index (κ3) is 20.4.